The van der Waals surface area contributed by atoms with Crippen molar-refractivity contribution in [1.82, 2.24) is 0 Å². The molecule has 1 atom stereocenters. The minimum atomic E-state index is 0.0318. The van der Waals surface area contributed by atoms with Gasteiger partial charge in [0, 0.05) is 0 Å². The number of esters is 1. The van der Waals surface area contributed by atoms with E-state index < -0.39 is 0 Å². The molecule has 1 rings (SSSR count). The Kier molecular flexibility index (Phi) is 26.4. The molecular formula is C38H72O2. The molecule has 2 heteroatoms. The Hall–Kier alpha value is -0.790. The maximum Gasteiger partial charge on any atom is 0.321 e. The second-order valence-corrected chi connectivity index (χ2v) is 13.2. The van der Waals surface area contributed by atoms with Gasteiger partial charge in [-0.1, -0.05) is 201 Å². The predicted molar refractivity (Wildman–Crippen MR) is 177 cm³/mol. The molecule has 1 unspecified atom stereocenters. The highest BCUT2D eigenvalue weighted by Crippen LogP contribution is 2.33. The number of rotatable bonds is 31. The summed E-state index contributed by atoms with van der Waals surface area (Å²) >= 11 is 0. The maximum absolute atomic E-state index is 12.2. The molecule has 0 radical (unpaired) electrons. The maximum atomic E-state index is 12.2. The van der Waals surface area contributed by atoms with Gasteiger partial charge in [0.2, 0.25) is 0 Å². The van der Waals surface area contributed by atoms with Gasteiger partial charge in [0.15, 0.2) is 0 Å². The highest BCUT2D eigenvalue weighted by atomic mass is 16.6. The first kappa shape index (κ1) is 37.2. The van der Waals surface area contributed by atoms with Crippen LogP contribution in [0.5, 0.6) is 0 Å². The van der Waals surface area contributed by atoms with Crippen LogP contribution in [-0.2, 0) is 9.53 Å². The van der Waals surface area contributed by atoms with E-state index in [1.807, 2.05) is 0 Å². The number of hydrogen-bond donors (Lipinski definition) is 0. The SMILES string of the molecule is CCCCCCCCCCCCCCCCC1C(=O)OC1=CCC(CCCCCCCC)CCCCCCCC. The number of cyclic esters (lactones) is 1. The normalized spacial score (nSPS) is 16.1. The standard InChI is InChI=1S/C38H72O2/c1-4-7-10-13-16-17-18-19-20-21-22-23-26-29-32-36-37(40-38(36)39)34-33-35(30-27-24-14-11-8-5-2)31-28-25-15-12-9-6-3/h34-36H,4-33H2,1-3H3. The van der Waals surface area contributed by atoms with E-state index in [4.69, 9.17) is 4.74 Å². The molecule has 40 heavy (non-hydrogen) atoms. The third-order valence-electron chi connectivity index (χ3n) is 9.28. The summed E-state index contributed by atoms with van der Waals surface area (Å²) in [6, 6.07) is 0. The number of ether oxygens (including phenoxy) is 1. The molecule has 0 aromatic rings. The van der Waals surface area contributed by atoms with E-state index in [-0.39, 0.29) is 11.9 Å². The van der Waals surface area contributed by atoms with Crippen molar-refractivity contribution >= 4 is 5.97 Å². The second kappa shape index (κ2) is 28.3. The number of carbonyl (C=O) groups excluding carboxylic acids is 1. The van der Waals surface area contributed by atoms with Crippen molar-refractivity contribution in [2.24, 2.45) is 11.8 Å². The van der Waals surface area contributed by atoms with Gasteiger partial charge in [-0.25, -0.2) is 0 Å². The summed E-state index contributed by atoms with van der Waals surface area (Å²) < 4.78 is 5.53. The zero-order chi connectivity index (χ0) is 28.9. The molecule has 0 aromatic heterocycles. The third kappa shape index (κ3) is 21.0. The van der Waals surface area contributed by atoms with Crippen LogP contribution in [0, 0.1) is 11.8 Å². The van der Waals surface area contributed by atoms with Crippen LogP contribution in [0.15, 0.2) is 11.8 Å². The molecule has 0 N–H and O–H groups in total. The number of allylic oxidation sites excluding steroid dienone is 1. The number of unbranched alkanes of at least 4 members (excludes halogenated alkanes) is 23. The van der Waals surface area contributed by atoms with Crippen LogP contribution in [0.2, 0.25) is 0 Å². The minimum Gasteiger partial charge on any atom is -0.430 e. The van der Waals surface area contributed by atoms with Gasteiger partial charge in [-0.3, -0.25) is 4.79 Å². The molecule has 1 aliphatic rings. The van der Waals surface area contributed by atoms with E-state index in [2.05, 4.69) is 26.8 Å². The van der Waals surface area contributed by atoms with Crippen molar-refractivity contribution in [2.75, 3.05) is 0 Å². The third-order valence-corrected chi connectivity index (χ3v) is 9.28. The van der Waals surface area contributed by atoms with Gasteiger partial charge in [-0.05, 0) is 24.8 Å². The van der Waals surface area contributed by atoms with Gasteiger partial charge in [0.25, 0.3) is 0 Å². The van der Waals surface area contributed by atoms with Crippen LogP contribution in [0.25, 0.3) is 0 Å². The molecule has 1 heterocycles. The predicted octanol–water partition coefficient (Wildman–Crippen LogP) is 13.4. The average molecular weight is 561 g/mol. The molecule has 1 saturated heterocycles. The zero-order valence-corrected chi connectivity index (χ0v) is 27.8. The smallest absolute Gasteiger partial charge is 0.321 e. The van der Waals surface area contributed by atoms with Crippen LogP contribution < -0.4 is 0 Å². The Morgan fingerprint density at radius 2 is 0.875 bits per heavy atom. The van der Waals surface area contributed by atoms with Gasteiger partial charge in [-0.15, -0.1) is 0 Å². The Morgan fingerprint density at radius 3 is 1.25 bits per heavy atom. The van der Waals surface area contributed by atoms with Gasteiger partial charge in [0.1, 0.15) is 11.7 Å². The first-order valence-corrected chi connectivity index (χ1v) is 18.6. The highest BCUT2D eigenvalue weighted by molar-refractivity contribution is 5.82. The van der Waals surface area contributed by atoms with Gasteiger partial charge < -0.3 is 4.74 Å². The fraction of sp³-hybridized carbons (Fsp3) is 0.921. The van der Waals surface area contributed by atoms with Crippen LogP contribution in [0.3, 0.4) is 0 Å². The van der Waals surface area contributed by atoms with Gasteiger partial charge in [0.05, 0.1) is 0 Å². The molecule has 2 nitrogen and oxygen atoms in total. The monoisotopic (exact) mass is 561 g/mol. The summed E-state index contributed by atoms with van der Waals surface area (Å²) in [5.74, 6) is 1.88. The van der Waals surface area contributed by atoms with Crippen LogP contribution in [0.1, 0.15) is 213 Å². The summed E-state index contributed by atoms with van der Waals surface area (Å²) in [4.78, 5) is 12.2. The van der Waals surface area contributed by atoms with E-state index >= 15 is 0 Å². The van der Waals surface area contributed by atoms with E-state index in [0.29, 0.717) is 0 Å². The molecule has 0 spiro atoms. The van der Waals surface area contributed by atoms with Crippen molar-refractivity contribution in [3.8, 4) is 0 Å². The number of carbonyl (C=O) groups is 1. The van der Waals surface area contributed by atoms with Crippen molar-refractivity contribution < 1.29 is 9.53 Å². The first-order chi connectivity index (χ1) is 19.7. The van der Waals surface area contributed by atoms with Crippen molar-refractivity contribution in [2.45, 2.75) is 213 Å². The Morgan fingerprint density at radius 1 is 0.525 bits per heavy atom. The van der Waals surface area contributed by atoms with E-state index in [0.717, 1.165) is 24.5 Å². The Labute approximate surface area is 252 Å². The second-order valence-electron chi connectivity index (χ2n) is 13.2. The summed E-state index contributed by atoms with van der Waals surface area (Å²) in [7, 11) is 0. The lowest BCUT2D eigenvalue weighted by Crippen LogP contribution is -2.32. The molecule has 0 aliphatic carbocycles. The largest absolute Gasteiger partial charge is 0.430 e. The van der Waals surface area contributed by atoms with Gasteiger partial charge >= 0.3 is 5.97 Å². The lowest BCUT2D eigenvalue weighted by Gasteiger charge is -2.28. The van der Waals surface area contributed by atoms with E-state index in [1.54, 1.807) is 0 Å². The number of hydrogen-bond acceptors (Lipinski definition) is 2. The Bertz CT molecular complexity index is 564. The summed E-state index contributed by atoms with van der Waals surface area (Å²) in [6.07, 6.45) is 43.0. The van der Waals surface area contributed by atoms with Crippen LogP contribution >= 0.6 is 0 Å². The zero-order valence-electron chi connectivity index (χ0n) is 27.8. The molecule has 1 fully saturated rings. The molecule has 0 saturated carbocycles. The van der Waals surface area contributed by atoms with Crippen molar-refractivity contribution in [3.63, 3.8) is 0 Å². The molecule has 0 bridgehead atoms. The fourth-order valence-corrected chi connectivity index (χ4v) is 6.39. The quantitative estimate of drug-likeness (QED) is 0.0622. The summed E-state index contributed by atoms with van der Waals surface area (Å²) in [5, 5.41) is 0. The van der Waals surface area contributed by atoms with E-state index in [9.17, 15) is 4.79 Å². The first-order valence-electron chi connectivity index (χ1n) is 18.6. The molecule has 1 aliphatic heterocycles. The van der Waals surface area contributed by atoms with Crippen molar-refractivity contribution in [1.29, 1.82) is 0 Å². The minimum absolute atomic E-state index is 0.0318. The Balaban J connectivity index is 2.19. The molecule has 236 valence electrons. The fourth-order valence-electron chi connectivity index (χ4n) is 6.39. The van der Waals surface area contributed by atoms with Gasteiger partial charge in [-0.2, -0.15) is 0 Å². The molecule has 0 aromatic carbocycles. The topological polar surface area (TPSA) is 26.3 Å². The van der Waals surface area contributed by atoms with Crippen LogP contribution in [-0.4, -0.2) is 5.97 Å². The average Bonchev–Trinajstić information content (AvgIpc) is 2.96. The lowest BCUT2D eigenvalue weighted by atomic mass is 9.89. The summed E-state index contributed by atoms with van der Waals surface area (Å²) in [6.45, 7) is 6.88. The molecule has 0 amide bonds. The molecular weight excluding hydrogens is 488 g/mol. The lowest BCUT2D eigenvalue weighted by molar-refractivity contribution is -0.157. The van der Waals surface area contributed by atoms with Crippen molar-refractivity contribution in [3.05, 3.63) is 11.8 Å². The highest BCUT2D eigenvalue weighted by Gasteiger charge is 2.36. The summed E-state index contributed by atoms with van der Waals surface area (Å²) in [5.41, 5.74) is 0. The van der Waals surface area contributed by atoms with Crippen LogP contribution in [0.4, 0.5) is 0 Å². The van der Waals surface area contributed by atoms with E-state index in [1.165, 1.54) is 180 Å².